The number of benzene rings is 1. The summed E-state index contributed by atoms with van der Waals surface area (Å²) in [5, 5.41) is 11.0. The van der Waals surface area contributed by atoms with Crippen LogP contribution >= 0.6 is 23.8 Å². The molecule has 0 atom stereocenters. The number of rotatable bonds is 3. The molecule has 7 heteroatoms. The average molecular weight is 327 g/mol. The van der Waals surface area contributed by atoms with Gasteiger partial charge >= 0.3 is 0 Å². The van der Waals surface area contributed by atoms with Crippen LogP contribution in [0.1, 0.15) is 18.3 Å². The Bertz CT molecular complexity index is 684. The maximum atomic E-state index is 13.1. The molecule has 0 saturated carbocycles. The van der Waals surface area contributed by atoms with E-state index in [4.69, 9.17) is 23.8 Å². The average Bonchev–Trinajstić information content (AvgIpc) is 2.70. The first kappa shape index (κ1) is 15.7. The van der Waals surface area contributed by atoms with Gasteiger partial charge in [-0.25, -0.2) is 4.39 Å². The summed E-state index contributed by atoms with van der Waals surface area (Å²) in [6, 6.07) is 4.35. The van der Waals surface area contributed by atoms with Crippen molar-refractivity contribution >= 4 is 40.3 Å². The van der Waals surface area contributed by atoms with Crippen LogP contribution in [0, 0.1) is 19.7 Å². The number of nitrogens with one attached hydrogen (secondary N) is 2. The van der Waals surface area contributed by atoms with Crippen LogP contribution in [0.25, 0.3) is 0 Å². The number of aromatic nitrogens is 2. The Kier molecular flexibility index (Phi) is 4.80. The maximum Gasteiger partial charge on any atom is 0.175 e. The van der Waals surface area contributed by atoms with Crippen molar-refractivity contribution in [3.8, 4) is 0 Å². The summed E-state index contributed by atoms with van der Waals surface area (Å²) in [5.41, 5.74) is 3.38. The maximum absolute atomic E-state index is 13.1. The van der Waals surface area contributed by atoms with Gasteiger partial charge in [0.1, 0.15) is 5.82 Å². The van der Waals surface area contributed by atoms with Crippen LogP contribution in [0.2, 0.25) is 5.02 Å². The molecule has 0 amide bonds. The van der Waals surface area contributed by atoms with Gasteiger partial charge in [-0.15, -0.1) is 0 Å². The Morgan fingerprint density at radius 1 is 1.38 bits per heavy atom. The van der Waals surface area contributed by atoms with Gasteiger partial charge in [0.25, 0.3) is 0 Å². The smallest absolute Gasteiger partial charge is 0.175 e. The van der Waals surface area contributed by atoms with Crippen LogP contribution in [-0.2, 0) is 6.54 Å². The molecule has 2 rings (SSSR count). The zero-order valence-corrected chi connectivity index (χ0v) is 13.6. The van der Waals surface area contributed by atoms with Gasteiger partial charge in [-0.1, -0.05) is 11.6 Å². The SMILES string of the molecule is CCn1nc(C)c(NC(=S)Nc2ccc(F)c(Cl)c2)c1C. The van der Waals surface area contributed by atoms with Crippen molar-refractivity contribution in [1.29, 1.82) is 0 Å². The van der Waals surface area contributed by atoms with Crippen LogP contribution < -0.4 is 10.6 Å². The molecule has 21 heavy (non-hydrogen) atoms. The molecule has 0 saturated heterocycles. The Morgan fingerprint density at radius 2 is 2.10 bits per heavy atom. The fourth-order valence-corrected chi connectivity index (χ4v) is 2.44. The van der Waals surface area contributed by atoms with Crippen molar-refractivity contribution in [1.82, 2.24) is 9.78 Å². The highest BCUT2D eigenvalue weighted by Gasteiger charge is 2.12. The van der Waals surface area contributed by atoms with Gasteiger partial charge in [0, 0.05) is 12.2 Å². The minimum atomic E-state index is -0.461. The Balaban J connectivity index is 2.11. The van der Waals surface area contributed by atoms with E-state index in [9.17, 15) is 4.39 Å². The molecule has 2 N–H and O–H groups in total. The quantitative estimate of drug-likeness (QED) is 0.833. The highest BCUT2D eigenvalue weighted by atomic mass is 35.5. The fourth-order valence-electron chi connectivity index (χ4n) is 2.04. The van der Waals surface area contributed by atoms with Crippen molar-refractivity contribution in [2.75, 3.05) is 10.6 Å². The van der Waals surface area contributed by atoms with E-state index >= 15 is 0 Å². The monoisotopic (exact) mass is 326 g/mol. The van der Waals surface area contributed by atoms with Crippen LogP contribution in [0.15, 0.2) is 18.2 Å². The second-order valence-electron chi connectivity index (χ2n) is 4.57. The van der Waals surface area contributed by atoms with Crippen molar-refractivity contribution in [3.05, 3.63) is 40.4 Å². The molecular formula is C14H16ClFN4S. The van der Waals surface area contributed by atoms with Gasteiger partial charge in [0.05, 0.1) is 22.1 Å². The number of hydrogen-bond acceptors (Lipinski definition) is 2. The Labute approximate surface area is 133 Å². The fraction of sp³-hybridized carbons (Fsp3) is 0.286. The van der Waals surface area contributed by atoms with E-state index in [1.165, 1.54) is 12.1 Å². The van der Waals surface area contributed by atoms with Crippen molar-refractivity contribution < 1.29 is 4.39 Å². The molecule has 1 aromatic heterocycles. The zero-order valence-electron chi connectivity index (χ0n) is 12.0. The van der Waals surface area contributed by atoms with Crippen molar-refractivity contribution in [3.63, 3.8) is 0 Å². The van der Waals surface area contributed by atoms with Gasteiger partial charge in [0.2, 0.25) is 0 Å². The van der Waals surface area contributed by atoms with Gasteiger partial charge in [-0.3, -0.25) is 4.68 Å². The molecule has 0 aliphatic carbocycles. The predicted octanol–water partition coefficient (Wildman–Crippen LogP) is 4.12. The summed E-state index contributed by atoms with van der Waals surface area (Å²) < 4.78 is 15.0. The van der Waals surface area contributed by atoms with Crippen molar-refractivity contribution in [2.24, 2.45) is 0 Å². The first-order valence-corrected chi connectivity index (χ1v) is 7.28. The number of hydrogen-bond donors (Lipinski definition) is 2. The second kappa shape index (κ2) is 6.41. The molecule has 0 radical (unpaired) electrons. The number of anilines is 2. The predicted molar refractivity (Wildman–Crippen MR) is 88.6 cm³/mol. The molecule has 0 unspecified atom stereocenters. The van der Waals surface area contributed by atoms with E-state index in [0.717, 1.165) is 23.6 Å². The van der Waals surface area contributed by atoms with Crippen LogP contribution in [0.3, 0.4) is 0 Å². The van der Waals surface area contributed by atoms with Gasteiger partial charge < -0.3 is 10.6 Å². The van der Waals surface area contributed by atoms with E-state index in [0.29, 0.717) is 10.8 Å². The molecule has 0 spiro atoms. The van der Waals surface area contributed by atoms with E-state index < -0.39 is 5.82 Å². The number of halogens is 2. The minimum Gasteiger partial charge on any atom is -0.332 e. The van der Waals surface area contributed by atoms with E-state index in [2.05, 4.69) is 15.7 Å². The first-order chi connectivity index (χ1) is 9.92. The summed E-state index contributed by atoms with van der Waals surface area (Å²) in [4.78, 5) is 0. The van der Waals surface area contributed by atoms with E-state index in [-0.39, 0.29) is 5.02 Å². The van der Waals surface area contributed by atoms with Gasteiger partial charge in [-0.2, -0.15) is 5.10 Å². The lowest BCUT2D eigenvalue weighted by molar-refractivity contribution is 0.628. The lowest BCUT2D eigenvalue weighted by Crippen LogP contribution is -2.20. The Morgan fingerprint density at radius 3 is 2.67 bits per heavy atom. The van der Waals surface area contributed by atoms with Crippen LogP contribution in [0.4, 0.5) is 15.8 Å². The summed E-state index contributed by atoms with van der Waals surface area (Å²) >= 11 is 11.0. The van der Waals surface area contributed by atoms with Gasteiger partial charge in [0.15, 0.2) is 5.11 Å². The second-order valence-corrected chi connectivity index (χ2v) is 5.39. The summed E-state index contributed by atoms with van der Waals surface area (Å²) in [7, 11) is 0. The van der Waals surface area contributed by atoms with E-state index in [1.54, 1.807) is 6.07 Å². The molecular weight excluding hydrogens is 311 g/mol. The zero-order chi connectivity index (χ0) is 15.6. The topological polar surface area (TPSA) is 41.9 Å². The van der Waals surface area contributed by atoms with Gasteiger partial charge in [-0.05, 0) is 51.2 Å². The third kappa shape index (κ3) is 3.51. The number of thiocarbonyl (C=S) groups is 1. The molecule has 1 heterocycles. The summed E-state index contributed by atoms with van der Waals surface area (Å²) in [6.45, 7) is 6.71. The van der Waals surface area contributed by atoms with Crippen molar-refractivity contribution in [2.45, 2.75) is 27.3 Å². The molecule has 0 fully saturated rings. The summed E-state index contributed by atoms with van der Waals surface area (Å²) in [5.74, 6) is -0.461. The minimum absolute atomic E-state index is 0.0500. The molecule has 4 nitrogen and oxygen atoms in total. The number of aryl methyl sites for hydroxylation is 2. The molecule has 0 bridgehead atoms. The summed E-state index contributed by atoms with van der Waals surface area (Å²) in [6.07, 6.45) is 0. The number of nitrogens with zero attached hydrogens (tertiary/aromatic N) is 2. The molecule has 2 aromatic rings. The van der Waals surface area contributed by atoms with Crippen LogP contribution in [0.5, 0.6) is 0 Å². The lowest BCUT2D eigenvalue weighted by atomic mass is 10.3. The third-order valence-electron chi connectivity index (χ3n) is 3.10. The normalized spacial score (nSPS) is 10.5. The standard InChI is InChI=1S/C14H16ClFN4S/c1-4-20-9(3)13(8(2)19-20)18-14(21)17-10-5-6-12(16)11(15)7-10/h5-7H,4H2,1-3H3,(H2,17,18,21). The third-order valence-corrected chi connectivity index (χ3v) is 3.59. The highest BCUT2D eigenvalue weighted by molar-refractivity contribution is 7.80. The Hall–Kier alpha value is -1.66. The molecule has 112 valence electrons. The van der Waals surface area contributed by atoms with E-state index in [1.807, 2.05) is 25.5 Å². The highest BCUT2D eigenvalue weighted by Crippen LogP contribution is 2.21. The molecule has 1 aromatic carbocycles. The molecule has 0 aliphatic rings. The van der Waals surface area contributed by atoms with Crippen LogP contribution in [-0.4, -0.2) is 14.9 Å². The molecule has 0 aliphatic heterocycles. The largest absolute Gasteiger partial charge is 0.332 e. The first-order valence-electron chi connectivity index (χ1n) is 6.49. The lowest BCUT2D eigenvalue weighted by Gasteiger charge is -2.11.